The lowest BCUT2D eigenvalue weighted by molar-refractivity contribution is 0.0687. The number of aromatic amines is 1. The fraction of sp³-hybridized carbons (Fsp3) is 0.409. The van der Waals surface area contributed by atoms with Gasteiger partial charge in [0.25, 0.3) is 5.56 Å². The predicted octanol–water partition coefficient (Wildman–Crippen LogP) is 2.01. The summed E-state index contributed by atoms with van der Waals surface area (Å²) in [6.45, 7) is 10.8. The van der Waals surface area contributed by atoms with E-state index in [1.54, 1.807) is 0 Å². The number of carboxylic acid groups (broad SMARTS) is 1. The molecule has 4 heterocycles. The maximum absolute atomic E-state index is 12.7. The molecule has 0 aliphatic carbocycles. The lowest BCUT2D eigenvalue weighted by Crippen LogP contribution is -2.44. The second kappa shape index (κ2) is 12.2. The largest absolute Gasteiger partial charge is 0.476 e. The lowest BCUT2D eigenvalue weighted by atomic mass is 10.3. The Morgan fingerprint density at radius 1 is 1.18 bits per heavy atom. The number of aromatic nitrogens is 5. The van der Waals surface area contributed by atoms with Crippen LogP contribution in [0, 0.1) is 11.8 Å². The second-order valence-electron chi connectivity index (χ2n) is 6.51. The molecule has 0 saturated carbocycles. The van der Waals surface area contributed by atoms with E-state index in [4.69, 9.17) is 4.74 Å². The van der Waals surface area contributed by atoms with Gasteiger partial charge in [0.05, 0.1) is 0 Å². The molecule has 1 saturated heterocycles. The lowest BCUT2D eigenvalue weighted by Gasteiger charge is -2.26. The summed E-state index contributed by atoms with van der Waals surface area (Å²) in [7, 11) is 1.49. The Morgan fingerprint density at radius 3 is 2.45 bits per heavy atom. The number of hydrogen-bond acceptors (Lipinski definition) is 8. The Bertz CT molecular complexity index is 1190. The summed E-state index contributed by atoms with van der Waals surface area (Å²) in [5.41, 5.74) is -0.162. The first-order valence-corrected chi connectivity index (χ1v) is 10.6. The number of imidazole rings is 1. The van der Waals surface area contributed by atoms with Gasteiger partial charge in [0.15, 0.2) is 22.6 Å². The molecule has 0 amide bonds. The van der Waals surface area contributed by atoms with Gasteiger partial charge in [0.1, 0.15) is 0 Å². The molecule has 0 aromatic carbocycles. The van der Waals surface area contributed by atoms with Gasteiger partial charge in [-0.2, -0.15) is 9.97 Å². The molecule has 1 fully saturated rings. The summed E-state index contributed by atoms with van der Waals surface area (Å²) in [5.74, 6) is 4.68. The average molecular weight is 456 g/mol. The zero-order valence-electron chi connectivity index (χ0n) is 19.5. The van der Waals surface area contributed by atoms with Crippen molar-refractivity contribution in [2.45, 2.75) is 27.7 Å². The van der Waals surface area contributed by atoms with Gasteiger partial charge in [0.2, 0.25) is 5.95 Å². The number of pyridine rings is 1. The van der Waals surface area contributed by atoms with Crippen molar-refractivity contribution < 1.29 is 14.6 Å². The smallest absolute Gasteiger partial charge is 0.358 e. The van der Waals surface area contributed by atoms with Crippen LogP contribution in [-0.4, -0.2) is 61.8 Å². The number of carbonyl (C=O) groups is 1. The van der Waals surface area contributed by atoms with E-state index in [-0.39, 0.29) is 34.2 Å². The minimum atomic E-state index is -1.24. The fourth-order valence-corrected chi connectivity index (χ4v) is 2.85. The van der Waals surface area contributed by atoms with E-state index in [2.05, 4.69) is 37.1 Å². The molecule has 0 unspecified atom stereocenters. The van der Waals surface area contributed by atoms with Crippen LogP contribution in [0.1, 0.15) is 38.2 Å². The van der Waals surface area contributed by atoms with Crippen molar-refractivity contribution in [2.24, 2.45) is 7.05 Å². The Labute approximate surface area is 191 Å². The third-order valence-corrected chi connectivity index (χ3v) is 4.52. The van der Waals surface area contributed by atoms with Crippen LogP contribution in [0.25, 0.3) is 11.2 Å². The van der Waals surface area contributed by atoms with Gasteiger partial charge in [-0.3, -0.25) is 9.36 Å². The van der Waals surface area contributed by atoms with Crippen LogP contribution < -0.4 is 20.5 Å². The number of ether oxygens (including phenoxy) is 1. The number of rotatable bonds is 4. The fourth-order valence-electron chi connectivity index (χ4n) is 2.85. The SMILES string of the molecule is CC.CC#CC.Cn1c(Oc2cccnc2C(=O)O)nc2nc(N3CCNCC3)[nH]c2c1=O. The summed E-state index contributed by atoms with van der Waals surface area (Å²) in [6.07, 6.45) is 1.35. The number of nitrogens with zero attached hydrogens (tertiary/aromatic N) is 5. The summed E-state index contributed by atoms with van der Waals surface area (Å²) in [6, 6.07) is 2.92. The standard InChI is InChI=1S/C16H17N7O4.C4H6.C2H6/c1-22-13(24)11-12(20-15(19-11)23-7-5-17-6-8-23)21-16(22)27-9-3-2-4-18-10(9)14(25)26;1-3-4-2;1-2/h2-4,17H,5-8H2,1H3,(H,19,20)(H,25,26);1-2H3;1-2H3. The topological polar surface area (TPSA) is 138 Å². The molecule has 0 radical (unpaired) electrons. The summed E-state index contributed by atoms with van der Waals surface area (Å²) >= 11 is 0. The summed E-state index contributed by atoms with van der Waals surface area (Å²) in [4.78, 5) is 41.5. The molecule has 3 N–H and O–H groups in total. The Hall–Kier alpha value is -3.91. The second-order valence-corrected chi connectivity index (χ2v) is 6.51. The van der Waals surface area contributed by atoms with Crippen molar-refractivity contribution in [3.8, 4) is 23.6 Å². The monoisotopic (exact) mass is 455 g/mol. The minimum absolute atomic E-state index is 0.00952. The first-order chi connectivity index (χ1) is 16.0. The first kappa shape index (κ1) is 25.4. The van der Waals surface area contributed by atoms with Crippen molar-refractivity contribution in [2.75, 3.05) is 31.1 Å². The van der Waals surface area contributed by atoms with E-state index >= 15 is 0 Å². The number of H-pyrrole nitrogens is 1. The number of fused-ring (bicyclic) bond motifs is 1. The molecule has 33 heavy (non-hydrogen) atoms. The van der Waals surface area contributed by atoms with E-state index in [9.17, 15) is 14.7 Å². The maximum atomic E-state index is 12.7. The van der Waals surface area contributed by atoms with Crippen molar-refractivity contribution in [3.05, 3.63) is 34.4 Å². The highest BCUT2D eigenvalue weighted by Gasteiger charge is 2.20. The molecular formula is C22H29N7O4. The van der Waals surface area contributed by atoms with E-state index in [0.29, 0.717) is 5.95 Å². The number of nitrogens with one attached hydrogen (secondary N) is 2. The minimum Gasteiger partial charge on any atom is -0.476 e. The molecule has 3 aromatic heterocycles. The third-order valence-electron chi connectivity index (χ3n) is 4.52. The Balaban J connectivity index is 0.000000582. The van der Waals surface area contributed by atoms with Crippen LogP contribution in [0.3, 0.4) is 0 Å². The van der Waals surface area contributed by atoms with Gasteiger partial charge in [0, 0.05) is 39.4 Å². The molecular weight excluding hydrogens is 426 g/mol. The highest BCUT2D eigenvalue weighted by atomic mass is 16.5. The van der Waals surface area contributed by atoms with Crippen LogP contribution >= 0.6 is 0 Å². The molecule has 0 atom stereocenters. The van der Waals surface area contributed by atoms with Crippen LogP contribution in [0.15, 0.2) is 23.1 Å². The van der Waals surface area contributed by atoms with Crippen molar-refractivity contribution in [1.82, 2.24) is 29.8 Å². The molecule has 1 aliphatic heterocycles. The van der Waals surface area contributed by atoms with Gasteiger partial charge in [-0.1, -0.05) is 13.8 Å². The van der Waals surface area contributed by atoms with Crippen molar-refractivity contribution in [3.63, 3.8) is 0 Å². The van der Waals surface area contributed by atoms with Gasteiger partial charge in [-0.05, 0) is 26.0 Å². The Morgan fingerprint density at radius 2 is 1.85 bits per heavy atom. The van der Waals surface area contributed by atoms with Crippen LogP contribution in [0.2, 0.25) is 0 Å². The molecule has 1 aliphatic rings. The zero-order valence-corrected chi connectivity index (χ0v) is 19.5. The summed E-state index contributed by atoms with van der Waals surface area (Å²) in [5, 5.41) is 12.5. The zero-order chi connectivity index (χ0) is 24.4. The quantitative estimate of drug-likeness (QED) is 0.504. The molecule has 11 nitrogen and oxygen atoms in total. The van der Waals surface area contributed by atoms with E-state index in [0.717, 1.165) is 26.2 Å². The van der Waals surface area contributed by atoms with Gasteiger partial charge >= 0.3 is 12.0 Å². The number of anilines is 1. The van der Waals surface area contributed by atoms with E-state index in [1.807, 2.05) is 32.6 Å². The number of aromatic carboxylic acids is 1. The molecule has 0 bridgehead atoms. The molecule has 11 heteroatoms. The van der Waals surface area contributed by atoms with E-state index < -0.39 is 5.97 Å². The highest BCUT2D eigenvalue weighted by molar-refractivity contribution is 5.88. The van der Waals surface area contributed by atoms with Crippen LogP contribution in [0.5, 0.6) is 11.8 Å². The molecule has 176 valence electrons. The number of piperazine rings is 1. The van der Waals surface area contributed by atoms with Gasteiger partial charge in [-0.25, -0.2) is 9.78 Å². The highest BCUT2D eigenvalue weighted by Crippen LogP contribution is 2.23. The van der Waals surface area contributed by atoms with Crippen LogP contribution in [0.4, 0.5) is 5.95 Å². The van der Waals surface area contributed by atoms with Crippen molar-refractivity contribution in [1.29, 1.82) is 0 Å². The number of carboxylic acids is 1. The number of hydrogen-bond donors (Lipinski definition) is 3. The first-order valence-electron chi connectivity index (χ1n) is 10.6. The van der Waals surface area contributed by atoms with Crippen LogP contribution in [-0.2, 0) is 7.05 Å². The van der Waals surface area contributed by atoms with Gasteiger partial charge < -0.3 is 25.0 Å². The van der Waals surface area contributed by atoms with Gasteiger partial charge in [-0.15, -0.1) is 11.8 Å². The molecule has 4 rings (SSSR count). The maximum Gasteiger partial charge on any atom is 0.358 e. The molecule has 3 aromatic rings. The molecule has 0 spiro atoms. The normalized spacial score (nSPS) is 12.5. The van der Waals surface area contributed by atoms with Crippen molar-refractivity contribution >= 4 is 23.1 Å². The predicted molar refractivity (Wildman–Crippen MR) is 126 cm³/mol. The Kier molecular flexibility index (Phi) is 9.38. The average Bonchev–Trinajstić information content (AvgIpc) is 3.29. The van der Waals surface area contributed by atoms with E-state index in [1.165, 1.54) is 29.9 Å². The summed E-state index contributed by atoms with van der Waals surface area (Å²) < 4.78 is 6.77. The third kappa shape index (κ3) is 6.08.